The third-order valence-electron chi connectivity index (χ3n) is 4.07. The molecule has 140 valence electrons. The Morgan fingerprint density at radius 1 is 1.12 bits per heavy atom. The summed E-state index contributed by atoms with van der Waals surface area (Å²) in [4.78, 5) is 12.4. The van der Waals surface area contributed by atoms with Crippen molar-refractivity contribution in [3.63, 3.8) is 0 Å². The average molecular weight is 375 g/mol. The highest BCUT2D eigenvalue weighted by molar-refractivity contribution is 7.92. The second kappa shape index (κ2) is 8.33. The number of sulfonamides is 1. The number of hydrogen-bond donors (Lipinski definition) is 3. The fourth-order valence-electron chi connectivity index (χ4n) is 2.40. The van der Waals surface area contributed by atoms with E-state index < -0.39 is 10.0 Å². The highest BCUT2D eigenvalue weighted by Gasteiger charge is 2.19. The number of rotatable bonds is 7. The van der Waals surface area contributed by atoms with E-state index in [4.69, 9.17) is 0 Å². The Kier molecular flexibility index (Phi) is 6.39. The smallest absolute Gasteiger partial charge is 0.262 e. The van der Waals surface area contributed by atoms with Gasteiger partial charge >= 0.3 is 0 Å². The number of nitrogens with one attached hydrogen (secondary N) is 3. The van der Waals surface area contributed by atoms with Gasteiger partial charge in [-0.3, -0.25) is 9.52 Å². The van der Waals surface area contributed by atoms with Crippen LogP contribution in [0.3, 0.4) is 0 Å². The molecule has 0 aliphatic carbocycles. The number of carbonyl (C=O) groups is 1. The quantitative estimate of drug-likeness (QED) is 0.694. The van der Waals surface area contributed by atoms with Gasteiger partial charge in [0.15, 0.2) is 0 Å². The Labute approximate surface area is 155 Å². The van der Waals surface area contributed by atoms with E-state index in [1.807, 2.05) is 27.0 Å². The molecule has 0 bridgehead atoms. The first kappa shape index (κ1) is 19.9. The van der Waals surface area contributed by atoms with Crippen molar-refractivity contribution < 1.29 is 13.2 Å². The molecular weight excluding hydrogens is 350 g/mol. The van der Waals surface area contributed by atoms with Gasteiger partial charge < -0.3 is 10.6 Å². The average Bonchev–Trinajstić information content (AvgIpc) is 2.59. The Balaban J connectivity index is 2.26. The van der Waals surface area contributed by atoms with Crippen LogP contribution in [0.4, 0.5) is 5.69 Å². The van der Waals surface area contributed by atoms with E-state index in [1.54, 1.807) is 37.3 Å². The molecule has 0 saturated carbocycles. The number of anilines is 1. The molecule has 2 aromatic carbocycles. The van der Waals surface area contributed by atoms with Gasteiger partial charge in [-0.15, -0.1) is 0 Å². The van der Waals surface area contributed by atoms with Gasteiger partial charge in [-0.2, -0.15) is 0 Å². The highest BCUT2D eigenvalue weighted by Crippen LogP contribution is 2.21. The van der Waals surface area contributed by atoms with Gasteiger partial charge in [-0.05, 0) is 63.2 Å². The normalized spacial score (nSPS) is 12.5. The summed E-state index contributed by atoms with van der Waals surface area (Å²) in [7, 11) is -1.99. The van der Waals surface area contributed by atoms with Crippen LogP contribution in [-0.4, -0.2) is 34.0 Å². The lowest BCUT2D eigenvalue weighted by Gasteiger charge is -2.14. The molecule has 2 rings (SSSR count). The van der Waals surface area contributed by atoms with Gasteiger partial charge in [0.05, 0.1) is 4.90 Å². The SMILES string of the molecule is CNC(C)CNC(=O)c1ccc(C)c(S(=O)(=O)Nc2cccc(C)c2)c1. The van der Waals surface area contributed by atoms with Crippen LogP contribution in [0.25, 0.3) is 0 Å². The summed E-state index contributed by atoms with van der Waals surface area (Å²) >= 11 is 0. The van der Waals surface area contributed by atoms with Crippen LogP contribution in [0.2, 0.25) is 0 Å². The van der Waals surface area contributed by atoms with Crippen molar-refractivity contribution in [1.82, 2.24) is 10.6 Å². The lowest BCUT2D eigenvalue weighted by atomic mass is 10.1. The number of carbonyl (C=O) groups excluding carboxylic acids is 1. The summed E-state index contributed by atoms with van der Waals surface area (Å²) in [6.07, 6.45) is 0. The molecule has 0 radical (unpaired) electrons. The minimum absolute atomic E-state index is 0.0910. The maximum absolute atomic E-state index is 12.8. The van der Waals surface area contributed by atoms with Crippen molar-refractivity contribution in [2.45, 2.75) is 31.7 Å². The van der Waals surface area contributed by atoms with Gasteiger partial charge in [-0.1, -0.05) is 18.2 Å². The molecular formula is C19H25N3O3S. The molecule has 1 unspecified atom stereocenters. The minimum atomic E-state index is -3.80. The lowest BCUT2D eigenvalue weighted by molar-refractivity contribution is 0.0950. The van der Waals surface area contributed by atoms with E-state index in [1.165, 1.54) is 6.07 Å². The summed E-state index contributed by atoms with van der Waals surface area (Å²) in [6.45, 7) is 5.99. The van der Waals surface area contributed by atoms with Crippen molar-refractivity contribution in [2.75, 3.05) is 18.3 Å². The van der Waals surface area contributed by atoms with Gasteiger partial charge in [0, 0.05) is 23.8 Å². The fourth-order valence-corrected chi connectivity index (χ4v) is 3.72. The molecule has 0 aliphatic rings. The van der Waals surface area contributed by atoms with Crippen molar-refractivity contribution in [3.8, 4) is 0 Å². The highest BCUT2D eigenvalue weighted by atomic mass is 32.2. The zero-order valence-electron chi connectivity index (χ0n) is 15.5. The summed E-state index contributed by atoms with van der Waals surface area (Å²) in [5.74, 6) is -0.306. The minimum Gasteiger partial charge on any atom is -0.350 e. The second-order valence-corrected chi connectivity index (χ2v) is 8.01. The Morgan fingerprint density at radius 2 is 1.85 bits per heavy atom. The lowest BCUT2D eigenvalue weighted by Crippen LogP contribution is -2.37. The van der Waals surface area contributed by atoms with E-state index in [0.29, 0.717) is 23.4 Å². The molecule has 0 heterocycles. The topological polar surface area (TPSA) is 87.3 Å². The molecule has 0 aliphatic heterocycles. The maximum Gasteiger partial charge on any atom is 0.262 e. The van der Waals surface area contributed by atoms with Crippen molar-refractivity contribution in [1.29, 1.82) is 0 Å². The van der Waals surface area contributed by atoms with E-state index in [9.17, 15) is 13.2 Å². The van der Waals surface area contributed by atoms with Crippen molar-refractivity contribution in [2.24, 2.45) is 0 Å². The van der Waals surface area contributed by atoms with Crippen LogP contribution < -0.4 is 15.4 Å². The second-order valence-electron chi connectivity index (χ2n) is 6.36. The largest absolute Gasteiger partial charge is 0.350 e. The van der Waals surface area contributed by atoms with Crippen molar-refractivity contribution >= 4 is 21.6 Å². The van der Waals surface area contributed by atoms with Crippen LogP contribution >= 0.6 is 0 Å². The summed E-state index contributed by atoms with van der Waals surface area (Å²) in [5.41, 5.74) is 2.32. The molecule has 0 saturated heterocycles. The maximum atomic E-state index is 12.8. The predicted molar refractivity (Wildman–Crippen MR) is 104 cm³/mol. The van der Waals surface area contributed by atoms with E-state index in [2.05, 4.69) is 15.4 Å². The number of amides is 1. The number of likely N-dealkylation sites (N-methyl/N-ethyl adjacent to an activating group) is 1. The van der Waals surface area contributed by atoms with Crippen LogP contribution in [0, 0.1) is 13.8 Å². The Morgan fingerprint density at radius 3 is 2.50 bits per heavy atom. The molecule has 26 heavy (non-hydrogen) atoms. The first-order valence-electron chi connectivity index (χ1n) is 8.38. The first-order valence-corrected chi connectivity index (χ1v) is 9.87. The van der Waals surface area contributed by atoms with Crippen LogP contribution in [0.1, 0.15) is 28.4 Å². The van der Waals surface area contributed by atoms with Gasteiger partial charge in [0.25, 0.3) is 15.9 Å². The Bertz CT molecular complexity index is 895. The number of benzene rings is 2. The molecule has 0 spiro atoms. The number of aryl methyl sites for hydroxylation is 2. The summed E-state index contributed by atoms with van der Waals surface area (Å²) in [5, 5.41) is 5.82. The molecule has 0 fully saturated rings. The standard InChI is InChI=1S/C19H25N3O3S/c1-13-6-5-7-17(10-13)22-26(24,25)18-11-16(9-8-14(18)2)19(23)21-12-15(3)20-4/h5-11,15,20,22H,12H2,1-4H3,(H,21,23). The zero-order valence-corrected chi connectivity index (χ0v) is 16.3. The Hall–Kier alpha value is -2.38. The number of hydrogen-bond acceptors (Lipinski definition) is 4. The molecule has 6 nitrogen and oxygen atoms in total. The molecule has 3 N–H and O–H groups in total. The van der Waals surface area contributed by atoms with E-state index in [-0.39, 0.29) is 16.8 Å². The van der Waals surface area contributed by atoms with E-state index in [0.717, 1.165) is 5.56 Å². The van der Waals surface area contributed by atoms with Gasteiger partial charge in [0.2, 0.25) is 0 Å². The van der Waals surface area contributed by atoms with E-state index >= 15 is 0 Å². The van der Waals surface area contributed by atoms with Crippen LogP contribution in [0.5, 0.6) is 0 Å². The third kappa shape index (κ3) is 5.06. The van der Waals surface area contributed by atoms with Crippen molar-refractivity contribution in [3.05, 3.63) is 59.2 Å². The monoisotopic (exact) mass is 375 g/mol. The van der Waals surface area contributed by atoms with Gasteiger partial charge in [0.1, 0.15) is 0 Å². The molecule has 1 amide bonds. The fraction of sp³-hybridized carbons (Fsp3) is 0.316. The molecule has 7 heteroatoms. The molecule has 0 aromatic heterocycles. The predicted octanol–water partition coefficient (Wildman–Crippen LogP) is 2.44. The zero-order chi connectivity index (χ0) is 19.3. The van der Waals surface area contributed by atoms with Crippen LogP contribution in [-0.2, 0) is 10.0 Å². The first-order chi connectivity index (χ1) is 12.2. The van der Waals surface area contributed by atoms with Crippen LogP contribution in [0.15, 0.2) is 47.4 Å². The van der Waals surface area contributed by atoms with Gasteiger partial charge in [-0.25, -0.2) is 8.42 Å². The summed E-state index contributed by atoms with van der Waals surface area (Å²) in [6, 6.07) is 11.9. The molecule has 1 atom stereocenters. The third-order valence-corrected chi connectivity index (χ3v) is 5.60. The summed E-state index contributed by atoms with van der Waals surface area (Å²) < 4.78 is 28.1. The molecule has 2 aromatic rings.